The molecule has 4 nitrogen and oxygen atoms in total. The largest absolute Gasteiger partial charge is 0.446 e. The molecule has 1 N–H and O–H groups in total. The lowest BCUT2D eigenvalue weighted by atomic mass is 10.4. The number of nitrogens with zero attached hydrogens (tertiary/aromatic N) is 1. The van der Waals surface area contributed by atoms with Gasteiger partial charge in [-0.05, 0) is 24.3 Å². The van der Waals surface area contributed by atoms with E-state index in [0.29, 0.717) is 0 Å². The van der Waals surface area contributed by atoms with Gasteiger partial charge in [-0.1, -0.05) is 36.4 Å². The van der Waals surface area contributed by atoms with Gasteiger partial charge >= 0.3 is 6.09 Å². The zero-order valence-electron chi connectivity index (χ0n) is 11.2. The maximum atomic E-state index is 12.1. The van der Waals surface area contributed by atoms with Crippen LogP contribution in [0.3, 0.4) is 0 Å². The van der Waals surface area contributed by atoms with Gasteiger partial charge in [0.1, 0.15) is 6.61 Å². The van der Waals surface area contributed by atoms with Crippen LogP contribution < -0.4 is 0 Å². The van der Waals surface area contributed by atoms with Crippen LogP contribution in [0.25, 0.3) is 0 Å². The fourth-order valence-electron chi connectivity index (χ4n) is 1.43. The Morgan fingerprint density at radius 2 is 1.43 bits per heavy atom. The smallest absolute Gasteiger partial charge is 0.431 e. The van der Waals surface area contributed by atoms with Crippen LogP contribution in [-0.2, 0) is 4.74 Å². The van der Waals surface area contributed by atoms with Crippen LogP contribution in [0.2, 0.25) is 0 Å². The predicted molar refractivity (Wildman–Crippen MR) is 84.9 cm³/mol. The average molecular weight is 321 g/mol. The van der Waals surface area contributed by atoms with Gasteiger partial charge in [-0.3, -0.25) is 0 Å². The van der Waals surface area contributed by atoms with Gasteiger partial charge in [0.25, 0.3) is 0 Å². The van der Waals surface area contributed by atoms with E-state index in [1.165, 1.54) is 27.6 Å². The fraction of sp³-hybridized carbons (Fsp3) is 0.133. The first-order valence-electron chi connectivity index (χ1n) is 6.33. The second kappa shape index (κ2) is 8.61. The minimum atomic E-state index is -0.494. The molecule has 0 aliphatic rings. The molecule has 0 saturated carbocycles. The molecule has 0 aromatic heterocycles. The Balaban J connectivity index is 2.08. The van der Waals surface area contributed by atoms with Crippen molar-refractivity contribution in [3.63, 3.8) is 0 Å². The Morgan fingerprint density at radius 1 is 0.952 bits per heavy atom. The van der Waals surface area contributed by atoms with E-state index < -0.39 is 6.09 Å². The third-order valence-electron chi connectivity index (χ3n) is 2.33. The summed E-state index contributed by atoms with van der Waals surface area (Å²) in [6.07, 6.45) is -0.494. The molecule has 0 aliphatic heterocycles. The van der Waals surface area contributed by atoms with Crippen LogP contribution in [0.5, 0.6) is 0 Å². The lowest BCUT2D eigenvalue weighted by Gasteiger charge is -2.19. The van der Waals surface area contributed by atoms with Gasteiger partial charge in [-0.15, -0.1) is 0 Å². The molecule has 2 aromatic carbocycles. The van der Waals surface area contributed by atoms with Crippen molar-refractivity contribution < 1.29 is 14.6 Å². The molecule has 0 spiro atoms. The standard InChI is InChI=1S/C15H15NO3S2/c17-11-12-19-15(18)16(20-13-7-3-1-4-8-13)21-14-9-5-2-6-10-14/h1-10,17H,11-12H2. The summed E-state index contributed by atoms with van der Waals surface area (Å²) in [6.45, 7) is -0.203. The summed E-state index contributed by atoms with van der Waals surface area (Å²) in [4.78, 5) is 13.9. The van der Waals surface area contributed by atoms with E-state index in [1.54, 1.807) is 0 Å². The Labute approximate surface area is 132 Å². The van der Waals surface area contributed by atoms with Crippen molar-refractivity contribution in [3.05, 3.63) is 60.7 Å². The monoisotopic (exact) mass is 321 g/mol. The van der Waals surface area contributed by atoms with Gasteiger partial charge in [-0.25, -0.2) is 4.79 Å². The maximum Gasteiger partial charge on any atom is 0.431 e. The van der Waals surface area contributed by atoms with Crippen molar-refractivity contribution in [3.8, 4) is 0 Å². The number of aliphatic hydroxyl groups excluding tert-OH is 1. The summed E-state index contributed by atoms with van der Waals surface area (Å²) in [7, 11) is 0. The highest BCUT2D eigenvalue weighted by atomic mass is 32.2. The lowest BCUT2D eigenvalue weighted by molar-refractivity contribution is 0.116. The quantitative estimate of drug-likeness (QED) is 0.819. The first kappa shape index (κ1) is 15.8. The zero-order chi connectivity index (χ0) is 14.9. The number of hydrogen-bond acceptors (Lipinski definition) is 5. The average Bonchev–Trinajstić information content (AvgIpc) is 2.54. The maximum absolute atomic E-state index is 12.1. The molecule has 6 heteroatoms. The van der Waals surface area contributed by atoms with E-state index in [9.17, 15) is 4.79 Å². The zero-order valence-corrected chi connectivity index (χ0v) is 12.8. The van der Waals surface area contributed by atoms with Gasteiger partial charge in [0.15, 0.2) is 0 Å². The summed E-state index contributed by atoms with van der Waals surface area (Å²) in [5, 5.41) is 8.77. The summed E-state index contributed by atoms with van der Waals surface area (Å²) in [5.41, 5.74) is 0. The Hall–Kier alpha value is -1.63. The molecule has 21 heavy (non-hydrogen) atoms. The molecule has 0 saturated heterocycles. The second-order valence-electron chi connectivity index (χ2n) is 3.90. The van der Waals surface area contributed by atoms with Crippen LogP contribution in [0.15, 0.2) is 70.5 Å². The number of amides is 1. The molecular formula is C15H15NO3S2. The lowest BCUT2D eigenvalue weighted by Crippen LogP contribution is -2.20. The van der Waals surface area contributed by atoms with Crippen LogP contribution in [0, 0.1) is 0 Å². The van der Waals surface area contributed by atoms with E-state index in [4.69, 9.17) is 9.84 Å². The minimum absolute atomic E-state index is 0.0139. The van der Waals surface area contributed by atoms with Crippen molar-refractivity contribution >= 4 is 30.0 Å². The molecule has 0 fully saturated rings. The highest BCUT2D eigenvalue weighted by Gasteiger charge is 2.18. The van der Waals surface area contributed by atoms with Gasteiger partial charge in [0.05, 0.1) is 6.61 Å². The molecule has 2 rings (SSSR count). The molecule has 110 valence electrons. The Morgan fingerprint density at radius 3 is 1.86 bits per heavy atom. The van der Waals surface area contributed by atoms with Crippen molar-refractivity contribution in [2.24, 2.45) is 0 Å². The van der Waals surface area contributed by atoms with E-state index in [0.717, 1.165) is 9.79 Å². The number of ether oxygens (including phenoxy) is 1. The number of carbonyl (C=O) groups is 1. The summed E-state index contributed by atoms with van der Waals surface area (Å²) < 4.78 is 6.45. The van der Waals surface area contributed by atoms with Crippen molar-refractivity contribution in [2.45, 2.75) is 9.79 Å². The molecule has 0 atom stereocenters. The van der Waals surface area contributed by atoms with E-state index in [2.05, 4.69) is 0 Å². The fourth-order valence-corrected chi connectivity index (χ4v) is 3.29. The van der Waals surface area contributed by atoms with Gasteiger partial charge < -0.3 is 9.84 Å². The van der Waals surface area contributed by atoms with Crippen LogP contribution in [-0.4, -0.2) is 28.1 Å². The third kappa shape index (κ3) is 5.34. The minimum Gasteiger partial charge on any atom is -0.446 e. The molecular weight excluding hydrogens is 306 g/mol. The van der Waals surface area contributed by atoms with E-state index in [1.807, 2.05) is 60.7 Å². The van der Waals surface area contributed by atoms with Crippen LogP contribution in [0.1, 0.15) is 0 Å². The molecule has 0 heterocycles. The van der Waals surface area contributed by atoms with Crippen molar-refractivity contribution in [1.82, 2.24) is 3.71 Å². The molecule has 2 aromatic rings. The van der Waals surface area contributed by atoms with Gasteiger partial charge in [0, 0.05) is 33.7 Å². The summed E-state index contributed by atoms with van der Waals surface area (Å²) in [6, 6.07) is 19.2. The highest BCUT2D eigenvalue weighted by Crippen LogP contribution is 2.34. The first-order valence-corrected chi connectivity index (χ1v) is 7.88. The van der Waals surface area contributed by atoms with E-state index >= 15 is 0 Å². The summed E-state index contributed by atoms with van der Waals surface area (Å²) in [5.74, 6) is 0. The number of benzene rings is 2. The number of carbonyl (C=O) groups excluding carboxylic acids is 1. The topological polar surface area (TPSA) is 49.8 Å². The number of rotatable bonds is 6. The van der Waals surface area contributed by atoms with Crippen LogP contribution in [0.4, 0.5) is 4.79 Å². The van der Waals surface area contributed by atoms with Crippen molar-refractivity contribution in [2.75, 3.05) is 13.2 Å². The normalized spacial score (nSPS) is 10.1. The van der Waals surface area contributed by atoms with Crippen molar-refractivity contribution in [1.29, 1.82) is 0 Å². The number of hydrogen-bond donors (Lipinski definition) is 1. The molecule has 1 amide bonds. The molecule has 0 bridgehead atoms. The highest BCUT2D eigenvalue weighted by molar-refractivity contribution is 8.12. The van der Waals surface area contributed by atoms with Gasteiger partial charge in [0.2, 0.25) is 0 Å². The second-order valence-corrected chi connectivity index (χ2v) is 6.17. The molecule has 0 aliphatic carbocycles. The Kier molecular flexibility index (Phi) is 6.46. The van der Waals surface area contributed by atoms with E-state index in [-0.39, 0.29) is 13.2 Å². The molecule has 0 unspecified atom stereocenters. The predicted octanol–water partition coefficient (Wildman–Crippen LogP) is 3.83. The summed E-state index contributed by atoms with van der Waals surface area (Å²) >= 11 is 2.56. The third-order valence-corrected chi connectivity index (χ3v) is 4.37. The molecule has 0 radical (unpaired) electrons. The van der Waals surface area contributed by atoms with Gasteiger partial charge in [-0.2, -0.15) is 3.71 Å². The SMILES string of the molecule is O=C(OCCO)N(Sc1ccccc1)Sc1ccccc1. The Bertz CT molecular complexity index is 510. The first-order chi connectivity index (χ1) is 10.3. The van der Waals surface area contributed by atoms with Crippen LogP contribution >= 0.6 is 23.9 Å². The number of aliphatic hydroxyl groups is 1.